The molecule has 2 saturated carbocycles. The van der Waals surface area contributed by atoms with Gasteiger partial charge >= 0.3 is 0 Å². The molecule has 0 radical (unpaired) electrons. The van der Waals surface area contributed by atoms with Crippen LogP contribution in [-0.4, -0.2) is 15.8 Å². The molecule has 0 spiro atoms. The summed E-state index contributed by atoms with van der Waals surface area (Å²) in [5.74, 6) is 0.993. The second-order valence-corrected chi connectivity index (χ2v) is 6.19. The van der Waals surface area contributed by atoms with Gasteiger partial charge < -0.3 is 5.32 Å². The third kappa shape index (κ3) is 3.19. The first-order chi connectivity index (χ1) is 9.31. The zero-order valence-corrected chi connectivity index (χ0v) is 12.4. The van der Waals surface area contributed by atoms with Crippen LogP contribution in [0, 0.1) is 5.92 Å². The Balaban J connectivity index is 1.72. The van der Waals surface area contributed by atoms with Crippen molar-refractivity contribution in [3.05, 3.63) is 17.0 Å². The van der Waals surface area contributed by atoms with Crippen LogP contribution in [0.4, 0.5) is 0 Å². The first-order valence-corrected chi connectivity index (χ1v) is 8.12. The van der Waals surface area contributed by atoms with Gasteiger partial charge in [0, 0.05) is 30.4 Å². The largest absolute Gasteiger partial charge is 0.310 e. The minimum Gasteiger partial charge on any atom is -0.310 e. The van der Waals surface area contributed by atoms with Crippen molar-refractivity contribution in [2.24, 2.45) is 5.92 Å². The molecule has 0 unspecified atom stereocenters. The van der Waals surface area contributed by atoms with Gasteiger partial charge in [0.25, 0.3) is 0 Å². The topological polar surface area (TPSA) is 29.9 Å². The molecule has 1 aromatic rings. The number of aromatic nitrogens is 2. The number of aryl methyl sites for hydroxylation is 2. The highest BCUT2D eigenvalue weighted by atomic mass is 15.3. The highest BCUT2D eigenvalue weighted by Crippen LogP contribution is 2.33. The molecule has 3 nitrogen and oxygen atoms in total. The van der Waals surface area contributed by atoms with Gasteiger partial charge in [-0.2, -0.15) is 5.10 Å². The van der Waals surface area contributed by atoms with E-state index in [1.807, 2.05) is 0 Å². The van der Waals surface area contributed by atoms with Crippen LogP contribution in [0.1, 0.15) is 62.9 Å². The zero-order valence-electron chi connectivity index (χ0n) is 12.4. The second kappa shape index (κ2) is 5.66. The number of hydrogen-bond acceptors (Lipinski definition) is 2. The first kappa shape index (κ1) is 13.2. The van der Waals surface area contributed by atoms with Crippen LogP contribution in [0.2, 0.25) is 0 Å². The SMILES string of the molecule is CCc1nn(CCC2CC2)c(CC)c1CNC1CC1. The molecule has 0 atom stereocenters. The second-order valence-electron chi connectivity index (χ2n) is 6.19. The number of nitrogens with zero attached hydrogens (tertiary/aromatic N) is 2. The molecule has 19 heavy (non-hydrogen) atoms. The third-order valence-electron chi connectivity index (χ3n) is 4.51. The predicted octanol–water partition coefficient (Wildman–Crippen LogP) is 3.06. The zero-order chi connectivity index (χ0) is 13.2. The quantitative estimate of drug-likeness (QED) is 0.779. The predicted molar refractivity (Wildman–Crippen MR) is 78.2 cm³/mol. The van der Waals surface area contributed by atoms with Crippen molar-refractivity contribution >= 4 is 0 Å². The monoisotopic (exact) mass is 261 g/mol. The van der Waals surface area contributed by atoms with E-state index in [4.69, 9.17) is 5.10 Å². The molecular weight excluding hydrogens is 234 g/mol. The van der Waals surface area contributed by atoms with Crippen molar-refractivity contribution < 1.29 is 0 Å². The van der Waals surface area contributed by atoms with Crippen molar-refractivity contribution in [3.63, 3.8) is 0 Å². The fourth-order valence-corrected chi connectivity index (χ4v) is 2.90. The van der Waals surface area contributed by atoms with Crippen molar-refractivity contribution in [3.8, 4) is 0 Å². The lowest BCUT2D eigenvalue weighted by Crippen LogP contribution is -2.17. The summed E-state index contributed by atoms with van der Waals surface area (Å²) < 4.78 is 2.31. The van der Waals surface area contributed by atoms with Gasteiger partial charge in [-0.1, -0.05) is 26.7 Å². The summed E-state index contributed by atoms with van der Waals surface area (Å²) in [6, 6.07) is 0.782. The van der Waals surface area contributed by atoms with E-state index in [-0.39, 0.29) is 0 Å². The molecule has 0 aliphatic heterocycles. The number of hydrogen-bond donors (Lipinski definition) is 1. The molecule has 0 saturated heterocycles. The summed E-state index contributed by atoms with van der Waals surface area (Å²) in [6.45, 7) is 6.66. The van der Waals surface area contributed by atoms with E-state index >= 15 is 0 Å². The Kier molecular flexibility index (Phi) is 3.92. The number of nitrogens with one attached hydrogen (secondary N) is 1. The highest BCUT2D eigenvalue weighted by Gasteiger charge is 2.24. The minimum absolute atomic E-state index is 0.782. The van der Waals surface area contributed by atoms with E-state index in [0.29, 0.717) is 0 Å². The number of rotatable bonds is 8. The van der Waals surface area contributed by atoms with E-state index in [1.165, 1.54) is 49.1 Å². The van der Waals surface area contributed by atoms with Crippen molar-refractivity contribution in [2.75, 3.05) is 0 Å². The molecular formula is C16H27N3. The Bertz CT molecular complexity index is 427. The van der Waals surface area contributed by atoms with Crippen molar-refractivity contribution in [1.29, 1.82) is 0 Å². The van der Waals surface area contributed by atoms with Crippen LogP contribution in [0.15, 0.2) is 0 Å². The molecule has 0 amide bonds. The molecule has 2 aliphatic carbocycles. The summed E-state index contributed by atoms with van der Waals surface area (Å²) in [7, 11) is 0. The molecule has 0 aromatic carbocycles. The average Bonchev–Trinajstić information content (AvgIpc) is 3.32. The fraction of sp³-hybridized carbons (Fsp3) is 0.812. The Labute approximate surface area is 116 Å². The molecule has 3 rings (SSSR count). The normalized spacial score (nSPS) is 19.1. The van der Waals surface area contributed by atoms with E-state index < -0.39 is 0 Å². The Morgan fingerprint density at radius 3 is 2.53 bits per heavy atom. The highest BCUT2D eigenvalue weighted by molar-refractivity contribution is 5.27. The maximum absolute atomic E-state index is 4.87. The summed E-state index contributed by atoms with van der Waals surface area (Å²) in [5.41, 5.74) is 4.29. The summed E-state index contributed by atoms with van der Waals surface area (Å²) >= 11 is 0. The van der Waals surface area contributed by atoms with Gasteiger partial charge in [-0.15, -0.1) is 0 Å². The van der Waals surface area contributed by atoms with Crippen LogP contribution in [-0.2, 0) is 25.9 Å². The van der Waals surface area contributed by atoms with Gasteiger partial charge in [0.1, 0.15) is 0 Å². The maximum Gasteiger partial charge on any atom is 0.0669 e. The third-order valence-corrected chi connectivity index (χ3v) is 4.51. The minimum atomic E-state index is 0.782. The van der Waals surface area contributed by atoms with Gasteiger partial charge in [0.05, 0.1) is 5.69 Å². The van der Waals surface area contributed by atoms with Crippen molar-refractivity contribution in [2.45, 2.75) is 77.9 Å². The Hall–Kier alpha value is -0.830. The van der Waals surface area contributed by atoms with Crippen LogP contribution in [0.25, 0.3) is 0 Å². The van der Waals surface area contributed by atoms with Crippen LogP contribution < -0.4 is 5.32 Å². The lowest BCUT2D eigenvalue weighted by Gasteiger charge is -2.08. The maximum atomic E-state index is 4.87. The molecule has 106 valence electrons. The lowest BCUT2D eigenvalue weighted by atomic mass is 10.1. The van der Waals surface area contributed by atoms with Crippen LogP contribution >= 0.6 is 0 Å². The molecule has 2 aliphatic rings. The Morgan fingerprint density at radius 2 is 1.95 bits per heavy atom. The van der Waals surface area contributed by atoms with E-state index in [2.05, 4.69) is 23.8 Å². The van der Waals surface area contributed by atoms with E-state index in [1.54, 1.807) is 0 Å². The van der Waals surface area contributed by atoms with Gasteiger partial charge in [0.2, 0.25) is 0 Å². The summed E-state index contributed by atoms with van der Waals surface area (Å²) in [6.07, 6.45) is 9.11. The van der Waals surface area contributed by atoms with Gasteiger partial charge in [-0.05, 0) is 38.0 Å². The standard InChI is InChI=1S/C16H27N3/c1-3-15-14(11-17-13-7-8-13)16(4-2)19(18-15)10-9-12-5-6-12/h12-13,17H,3-11H2,1-2H3. The molecule has 1 N–H and O–H groups in total. The molecule has 1 aromatic heterocycles. The smallest absolute Gasteiger partial charge is 0.0669 e. The average molecular weight is 261 g/mol. The summed E-state index contributed by atoms with van der Waals surface area (Å²) in [4.78, 5) is 0. The molecule has 0 bridgehead atoms. The van der Waals surface area contributed by atoms with E-state index in [0.717, 1.165) is 37.9 Å². The van der Waals surface area contributed by atoms with Crippen LogP contribution in [0.5, 0.6) is 0 Å². The van der Waals surface area contributed by atoms with Crippen molar-refractivity contribution in [1.82, 2.24) is 15.1 Å². The summed E-state index contributed by atoms with van der Waals surface area (Å²) in [5, 5.41) is 8.53. The van der Waals surface area contributed by atoms with Gasteiger partial charge in [-0.25, -0.2) is 0 Å². The molecule has 3 heteroatoms. The Morgan fingerprint density at radius 1 is 1.16 bits per heavy atom. The fourth-order valence-electron chi connectivity index (χ4n) is 2.90. The first-order valence-electron chi connectivity index (χ1n) is 8.12. The lowest BCUT2D eigenvalue weighted by molar-refractivity contribution is 0.524. The van der Waals surface area contributed by atoms with Gasteiger partial charge in [0.15, 0.2) is 0 Å². The molecule has 2 fully saturated rings. The van der Waals surface area contributed by atoms with Crippen LogP contribution in [0.3, 0.4) is 0 Å². The van der Waals surface area contributed by atoms with E-state index in [9.17, 15) is 0 Å². The molecule has 1 heterocycles. The van der Waals surface area contributed by atoms with Gasteiger partial charge in [-0.3, -0.25) is 4.68 Å².